The van der Waals surface area contributed by atoms with Crippen LogP contribution in [-0.4, -0.2) is 53.9 Å². The Bertz CT molecular complexity index is 551. The normalized spacial score (nSPS) is 31.8. The summed E-state index contributed by atoms with van der Waals surface area (Å²) in [5, 5.41) is 0. The number of ether oxygens (including phenoxy) is 1. The van der Waals surface area contributed by atoms with Crippen molar-refractivity contribution in [3.05, 3.63) is 0 Å². The second-order valence-corrected chi connectivity index (χ2v) is 9.22. The second kappa shape index (κ2) is 4.64. The Morgan fingerprint density at radius 3 is 2.00 bits per heavy atom. The minimum atomic E-state index is -2.90. The van der Waals surface area contributed by atoms with E-state index in [-0.39, 0.29) is 13.1 Å². The highest BCUT2D eigenvalue weighted by Gasteiger charge is 2.89. The topological polar surface area (TPSA) is 48.0 Å². The van der Waals surface area contributed by atoms with Crippen LogP contribution in [0, 0.1) is 5.41 Å². The molecule has 1 atom stereocenters. The maximum absolute atomic E-state index is 14.5. The first-order chi connectivity index (χ1) is 10.6. The summed E-state index contributed by atoms with van der Waals surface area (Å²) in [5.74, 6) is -3.92. The first-order valence-electron chi connectivity index (χ1n) is 8.34. The molecule has 2 saturated heterocycles. The molecule has 136 valence electrons. The van der Waals surface area contributed by atoms with Crippen molar-refractivity contribution in [2.75, 3.05) is 13.1 Å². The van der Waals surface area contributed by atoms with E-state index >= 15 is 0 Å². The standard InChI is InChI=1S/C16H26BF2NO4/c1-12(2,3)22-11(21)20-8-15(9-20)10(16(15,18)19)17-23-13(4,5)14(6,7)24-17/h10H,8-9H2,1-7H3. The van der Waals surface area contributed by atoms with Crippen molar-refractivity contribution in [2.45, 2.75) is 77.0 Å². The van der Waals surface area contributed by atoms with E-state index in [9.17, 15) is 13.6 Å². The number of hydrogen-bond acceptors (Lipinski definition) is 4. The lowest BCUT2D eigenvalue weighted by Crippen LogP contribution is -2.56. The van der Waals surface area contributed by atoms with Gasteiger partial charge in [-0.1, -0.05) is 0 Å². The van der Waals surface area contributed by atoms with Crippen molar-refractivity contribution in [2.24, 2.45) is 5.41 Å². The lowest BCUT2D eigenvalue weighted by atomic mass is 9.74. The van der Waals surface area contributed by atoms with Gasteiger partial charge in [-0.2, -0.15) is 0 Å². The van der Waals surface area contributed by atoms with Gasteiger partial charge in [-0.05, 0) is 48.5 Å². The average Bonchev–Trinajstić information content (AvgIpc) is 2.70. The van der Waals surface area contributed by atoms with E-state index in [1.165, 1.54) is 4.90 Å². The number of carbonyl (C=O) groups excluding carboxylic acids is 1. The van der Waals surface area contributed by atoms with Crippen molar-refractivity contribution < 1.29 is 27.6 Å². The van der Waals surface area contributed by atoms with E-state index in [4.69, 9.17) is 14.0 Å². The number of nitrogens with zero attached hydrogens (tertiary/aromatic N) is 1. The maximum Gasteiger partial charge on any atom is 0.468 e. The van der Waals surface area contributed by atoms with Gasteiger partial charge in [0.05, 0.1) is 22.4 Å². The summed E-state index contributed by atoms with van der Waals surface area (Å²) in [6.45, 7) is 12.6. The number of amides is 1. The number of carbonyl (C=O) groups is 1. The molecule has 0 aromatic rings. The minimum absolute atomic E-state index is 0.0241. The maximum atomic E-state index is 14.5. The fourth-order valence-corrected chi connectivity index (χ4v) is 3.49. The molecule has 2 aliphatic heterocycles. The molecule has 1 aliphatic carbocycles. The highest BCUT2D eigenvalue weighted by atomic mass is 19.3. The van der Waals surface area contributed by atoms with Crippen LogP contribution >= 0.6 is 0 Å². The third kappa shape index (κ3) is 2.36. The van der Waals surface area contributed by atoms with Crippen LogP contribution in [0.2, 0.25) is 5.82 Å². The Balaban J connectivity index is 1.67. The number of halogens is 2. The van der Waals surface area contributed by atoms with E-state index in [1.54, 1.807) is 20.8 Å². The summed E-state index contributed by atoms with van der Waals surface area (Å²) >= 11 is 0. The van der Waals surface area contributed by atoms with E-state index in [2.05, 4.69) is 0 Å². The van der Waals surface area contributed by atoms with Gasteiger partial charge in [0.2, 0.25) is 0 Å². The van der Waals surface area contributed by atoms with Crippen molar-refractivity contribution in [3.8, 4) is 0 Å². The van der Waals surface area contributed by atoms with Crippen LogP contribution in [0.4, 0.5) is 13.6 Å². The summed E-state index contributed by atoms with van der Waals surface area (Å²) < 4.78 is 45.8. The molecule has 0 radical (unpaired) electrons. The van der Waals surface area contributed by atoms with E-state index in [0.717, 1.165) is 0 Å². The fraction of sp³-hybridized carbons (Fsp3) is 0.938. The average molecular weight is 345 g/mol. The van der Waals surface area contributed by atoms with Crippen LogP contribution < -0.4 is 0 Å². The molecule has 0 aromatic carbocycles. The van der Waals surface area contributed by atoms with Gasteiger partial charge >= 0.3 is 13.2 Å². The van der Waals surface area contributed by atoms with Gasteiger partial charge in [0.1, 0.15) is 5.60 Å². The van der Waals surface area contributed by atoms with Gasteiger partial charge in [0.25, 0.3) is 5.92 Å². The van der Waals surface area contributed by atoms with E-state index < -0.39 is 47.2 Å². The molecular formula is C16H26BF2NO4. The fourth-order valence-electron chi connectivity index (χ4n) is 3.49. The molecule has 3 aliphatic rings. The molecule has 0 bridgehead atoms. The SMILES string of the molecule is CC(C)(C)OC(=O)N1CC2(C1)C(B1OC(C)(C)C(C)(C)O1)C2(F)F. The zero-order valence-corrected chi connectivity index (χ0v) is 15.4. The Labute approximate surface area is 142 Å². The molecule has 1 amide bonds. The van der Waals surface area contributed by atoms with Gasteiger partial charge in [-0.15, -0.1) is 0 Å². The molecule has 0 aromatic heterocycles. The van der Waals surface area contributed by atoms with E-state index in [0.29, 0.717) is 0 Å². The Hall–Kier alpha value is -0.885. The number of rotatable bonds is 1. The van der Waals surface area contributed by atoms with E-state index in [1.807, 2.05) is 27.7 Å². The molecule has 1 spiro atoms. The highest BCUT2D eigenvalue weighted by Crippen LogP contribution is 2.76. The summed E-state index contributed by atoms with van der Waals surface area (Å²) in [6, 6.07) is 0. The predicted octanol–water partition coefficient (Wildman–Crippen LogP) is 3.33. The predicted molar refractivity (Wildman–Crippen MR) is 85.0 cm³/mol. The van der Waals surface area contributed by atoms with Crippen LogP contribution in [0.1, 0.15) is 48.5 Å². The third-order valence-electron chi connectivity index (χ3n) is 5.71. The molecule has 24 heavy (non-hydrogen) atoms. The van der Waals surface area contributed by atoms with Crippen LogP contribution in [0.25, 0.3) is 0 Å². The molecule has 5 nitrogen and oxygen atoms in total. The summed E-state index contributed by atoms with van der Waals surface area (Å²) in [5.41, 5.74) is -3.18. The van der Waals surface area contributed by atoms with Gasteiger partial charge in [-0.3, -0.25) is 0 Å². The van der Waals surface area contributed by atoms with Crippen LogP contribution in [-0.2, 0) is 14.0 Å². The zero-order chi connectivity index (χ0) is 18.3. The molecule has 3 rings (SSSR count). The quantitative estimate of drug-likeness (QED) is 0.684. The van der Waals surface area contributed by atoms with Gasteiger partial charge < -0.3 is 18.9 Å². The molecule has 2 heterocycles. The Kier molecular flexibility index (Phi) is 3.46. The number of alkyl halides is 2. The van der Waals surface area contributed by atoms with Gasteiger partial charge in [0.15, 0.2) is 0 Å². The van der Waals surface area contributed by atoms with Gasteiger partial charge in [0, 0.05) is 13.1 Å². The monoisotopic (exact) mass is 345 g/mol. The molecule has 1 unspecified atom stereocenters. The molecule has 1 saturated carbocycles. The zero-order valence-electron chi connectivity index (χ0n) is 15.4. The molecular weight excluding hydrogens is 319 g/mol. The Morgan fingerprint density at radius 1 is 1.12 bits per heavy atom. The first-order valence-corrected chi connectivity index (χ1v) is 8.34. The van der Waals surface area contributed by atoms with Crippen molar-refractivity contribution in [1.29, 1.82) is 0 Å². The first kappa shape index (κ1) is 17.9. The second-order valence-electron chi connectivity index (χ2n) is 9.22. The molecule has 3 fully saturated rings. The lowest BCUT2D eigenvalue weighted by Gasteiger charge is -2.41. The molecule has 8 heteroatoms. The summed E-state index contributed by atoms with van der Waals surface area (Å²) in [6.07, 6.45) is -0.552. The van der Waals surface area contributed by atoms with Crippen molar-refractivity contribution >= 4 is 13.2 Å². The third-order valence-corrected chi connectivity index (χ3v) is 5.71. The smallest absolute Gasteiger partial charge is 0.444 e. The van der Waals surface area contributed by atoms with Crippen LogP contribution in [0.15, 0.2) is 0 Å². The van der Waals surface area contributed by atoms with Crippen LogP contribution in [0.5, 0.6) is 0 Å². The van der Waals surface area contributed by atoms with Crippen molar-refractivity contribution in [3.63, 3.8) is 0 Å². The number of likely N-dealkylation sites (tertiary alicyclic amines) is 1. The molecule has 0 N–H and O–H groups in total. The summed E-state index contributed by atoms with van der Waals surface area (Å²) in [7, 11) is -0.953. The van der Waals surface area contributed by atoms with Gasteiger partial charge in [-0.25, -0.2) is 13.6 Å². The minimum Gasteiger partial charge on any atom is -0.444 e. The highest BCUT2D eigenvalue weighted by molar-refractivity contribution is 6.50. The Morgan fingerprint density at radius 2 is 1.58 bits per heavy atom. The van der Waals surface area contributed by atoms with Crippen LogP contribution in [0.3, 0.4) is 0 Å². The lowest BCUT2D eigenvalue weighted by molar-refractivity contribution is -0.0416. The summed E-state index contributed by atoms with van der Waals surface area (Å²) in [4.78, 5) is 13.3. The number of hydrogen-bond donors (Lipinski definition) is 0. The van der Waals surface area contributed by atoms with Crippen molar-refractivity contribution in [1.82, 2.24) is 4.90 Å². The largest absolute Gasteiger partial charge is 0.468 e.